The highest BCUT2D eigenvalue weighted by Crippen LogP contribution is 2.24. The Balaban J connectivity index is 1.75. The van der Waals surface area contributed by atoms with Crippen LogP contribution in [0.3, 0.4) is 0 Å². The highest BCUT2D eigenvalue weighted by molar-refractivity contribution is 5.79. The molecule has 2 unspecified atom stereocenters. The summed E-state index contributed by atoms with van der Waals surface area (Å²) in [5.41, 5.74) is 0. The molecule has 98 valence electrons. The quantitative estimate of drug-likeness (QED) is 0.673. The first-order chi connectivity index (χ1) is 8.18. The zero-order valence-electron chi connectivity index (χ0n) is 10.6. The summed E-state index contributed by atoms with van der Waals surface area (Å²) in [6.07, 6.45) is 4.01. The molecule has 1 saturated carbocycles. The Bertz CT molecular complexity index is 270. The zero-order chi connectivity index (χ0) is 12.3. The molecule has 0 radical (unpaired) electrons. The number of hydrogen-bond acceptors (Lipinski definition) is 3. The van der Waals surface area contributed by atoms with Gasteiger partial charge in [0.1, 0.15) is 0 Å². The van der Waals surface area contributed by atoms with Gasteiger partial charge in [-0.05, 0) is 25.3 Å². The average molecular weight is 240 g/mol. The number of aliphatic hydroxyl groups excluding tert-OH is 1. The molecule has 1 aliphatic heterocycles. The normalized spacial score (nSPS) is 38.0. The van der Waals surface area contributed by atoms with Gasteiger partial charge >= 0.3 is 0 Å². The van der Waals surface area contributed by atoms with Crippen molar-refractivity contribution in [2.75, 3.05) is 19.6 Å². The zero-order valence-corrected chi connectivity index (χ0v) is 10.6. The molecular weight excluding hydrogens is 216 g/mol. The fourth-order valence-electron chi connectivity index (χ4n) is 2.95. The summed E-state index contributed by atoms with van der Waals surface area (Å²) in [5.74, 6) is 0.944. The second-order valence-corrected chi connectivity index (χ2v) is 5.60. The predicted octanol–water partition coefficient (Wildman–Crippen LogP) is 0.509. The summed E-state index contributed by atoms with van der Waals surface area (Å²) in [6, 6.07) is 0. The van der Waals surface area contributed by atoms with Gasteiger partial charge in [0.2, 0.25) is 5.91 Å². The predicted molar refractivity (Wildman–Crippen MR) is 66.5 cm³/mol. The van der Waals surface area contributed by atoms with E-state index in [0.717, 1.165) is 32.4 Å². The highest BCUT2D eigenvalue weighted by Gasteiger charge is 2.30. The van der Waals surface area contributed by atoms with Crippen LogP contribution in [0.15, 0.2) is 0 Å². The molecule has 17 heavy (non-hydrogen) atoms. The number of nitrogens with one attached hydrogen (secondary N) is 2. The van der Waals surface area contributed by atoms with Crippen molar-refractivity contribution in [2.24, 2.45) is 17.8 Å². The van der Waals surface area contributed by atoms with Crippen LogP contribution in [-0.2, 0) is 4.79 Å². The maximum atomic E-state index is 12.0. The van der Waals surface area contributed by atoms with E-state index in [2.05, 4.69) is 17.6 Å². The van der Waals surface area contributed by atoms with Gasteiger partial charge in [0.05, 0.1) is 12.0 Å². The number of rotatable bonds is 3. The standard InChI is InChI=1S/C13H24N2O2/c1-9-6-14-8-11(9)13(17)15-7-10-4-2-3-5-12(10)16/h9-12,14,16H,2-8H2,1H3,(H,15,17)/t9-,10?,11-,12?/m1/s1. The molecule has 0 aromatic carbocycles. The maximum absolute atomic E-state index is 12.0. The van der Waals surface area contributed by atoms with E-state index >= 15 is 0 Å². The molecule has 1 saturated heterocycles. The van der Waals surface area contributed by atoms with Gasteiger partial charge < -0.3 is 15.7 Å². The van der Waals surface area contributed by atoms with Crippen molar-refractivity contribution in [3.8, 4) is 0 Å². The third kappa shape index (κ3) is 3.19. The topological polar surface area (TPSA) is 61.4 Å². The number of carbonyl (C=O) groups is 1. The molecular formula is C13H24N2O2. The third-order valence-corrected chi connectivity index (χ3v) is 4.26. The number of carbonyl (C=O) groups excluding carboxylic acids is 1. The summed E-state index contributed by atoms with van der Waals surface area (Å²) in [5, 5.41) is 16.1. The van der Waals surface area contributed by atoms with E-state index in [1.807, 2.05) is 0 Å². The molecule has 0 spiro atoms. The van der Waals surface area contributed by atoms with Crippen molar-refractivity contribution in [1.29, 1.82) is 0 Å². The van der Waals surface area contributed by atoms with E-state index in [1.54, 1.807) is 0 Å². The van der Waals surface area contributed by atoms with Crippen LogP contribution in [0.5, 0.6) is 0 Å². The van der Waals surface area contributed by atoms with Gasteiger partial charge in [0.15, 0.2) is 0 Å². The van der Waals surface area contributed by atoms with Crippen LogP contribution in [-0.4, -0.2) is 36.8 Å². The number of hydrogen-bond donors (Lipinski definition) is 3. The Morgan fingerprint density at radius 2 is 2.12 bits per heavy atom. The van der Waals surface area contributed by atoms with Gasteiger partial charge in [-0.15, -0.1) is 0 Å². The molecule has 3 N–H and O–H groups in total. The summed E-state index contributed by atoms with van der Waals surface area (Å²) in [7, 11) is 0. The van der Waals surface area contributed by atoms with Crippen molar-refractivity contribution in [1.82, 2.24) is 10.6 Å². The van der Waals surface area contributed by atoms with Crippen LogP contribution in [0.2, 0.25) is 0 Å². The Hall–Kier alpha value is -0.610. The molecule has 2 fully saturated rings. The van der Waals surface area contributed by atoms with Gasteiger partial charge in [-0.1, -0.05) is 19.8 Å². The second kappa shape index (κ2) is 5.83. The van der Waals surface area contributed by atoms with E-state index in [-0.39, 0.29) is 23.8 Å². The van der Waals surface area contributed by atoms with Gasteiger partial charge in [-0.25, -0.2) is 0 Å². The van der Waals surface area contributed by atoms with Crippen LogP contribution in [0.1, 0.15) is 32.6 Å². The first-order valence-electron chi connectivity index (χ1n) is 6.85. The molecule has 4 atom stereocenters. The third-order valence-electron chi connectivity index (χ3n) is 4.26. The molecule has 0 aromatic rings. The van der Waals surface area contributed by atoms with Crippen molar-refractivity contribution in [3.05, 3.63) is 0 Å². The van der Waals surface area contributed by atoms with Gasteiger partial charge in [-0.3, -0.25) is 4.79 Å². The van der Waals surface area contributed by atoms with E-state index < -0.39 is 0 Å². The molecule has 0 aromatic heterocycles. The Morgan fingerprint density at radius 3 is 2.76 bits per heavy atom. The summed E-state index contributed by atoms with van der Waals surface area (Å²) < 4.78 is 0. The molecule has 1 amide bonds. The summed E-state index contributed by atoms with van der Waals surface area (Å²) >= 11 is 0. The minimum Gasteiger partial charge on any atom is -0.393 e. The molecule has 2 rings (SSSR count). The van der Waals surface area contributed by atoms with Crippen LogP contribution in [0.4, 0.5) is 0 Å². The van der Waals surface area contributed by atoms with E-state index in [1.165, 1.54) is 6.42 Å². The molecule has 1 heterocycles. The average Bonchev–Trinajstić information content (AvgIpc) is 2.74. The fraction of sp³-hybridized carbons (Fsp3) is 0.923. The van der Waals surface area contributed by atoms with Crippen LogP contribution < -0.4 is 10.6 Å². The van der Waals surface area contributed by atoms with Crippen molar-refractivity contribution >= 4 is 5.91 Å². The van der Waals surface area contributed by atoms with Crippen LogP contribution >= 0.6 is 0 Å². The lowest BCUT2D eigenvalue weighted by molar-refractivity contribution is -0.125. The van der Waals surface area contributed by atoms with Gasteiger partial charge in [-0.2, -0.15) is 0 Å². The lowest BCUT2D eigenvalue weighted by Gasteiger charge is -2.28. The van der Waals surface area contributed by atoms with Gasteiger partial charge in [0.25, 0.3) is 0 Å². The number of aliphatic hydroxyl groups is 1. The molecule has 1 aliphatic carbocycles. The van der Waals surface area contributed by atoms with Crippen molar-refractivity contribution in [3.63, 3.8) is 0 Å². The summed E-state index contributed by atoms with van der Waals surface area (Å²) in [6.45, 7) is 4.48. The summed E-state index contributed by atoms with van der Waals surface area (Å²) in [4.78, 5) is 12.0. The molecule has 4 nitrogen and oxygen atoms in total. The van der Waals surface area contributed by atoms with E-state index in [4.69, 9.17) is 0 Å². The highest BCUT2D eigenvalue weighted by atomic mass is 16.3. The van der Waals surface area contributed by atoms with Gasteiger partial charge in [0, 0.05) is 19.0 Å². The second-order valence-electron chi connectivity index (χ2n) is 5.60. The Kier molecular flexibility index (Phi) is 4.40. The first-order valence-corrected chi connectivity index (χ1v) is 6.85. The largest absolute Gasteiger partial charge is 0.393 e. The van der Waals surface area contributed by atoms with Crippen molar-refractivity contribution < 1.29 is 9.90 Å². The molecule has 0 bridgehead atoms. The van der Waals surface area contributed by atoms with Crippen LogP contribution in [0, 0.1) is 17.8 Å². The number of amides is 1. The van der Waals surface area contributed by atoms with E-state index in [9.17, 15) is 9.90 Å². The minimum atomic E-state index is -0.219. The molecule has 4 heteroatoms. The van der Waals surface area contributed by atoms with Crippen LogP contribution in [0.25, 0.3) is 0 Å². The van der Waals surface area contributed by atoms with Crippen molar-refractivity contribution in [2.45, 2.75) is 38.7 Å². The van der Waals surface area contributed by atoms with E-state index in [0.29, 0.717) is 12.5 Å². The fourth-order valence-corrected chi connectivity index (χ4v) is 2.95. The SMILES string of the molecule is C[C@@H]1CNC[C@H]1C(=O)NCC1CCCCC1O. The Labute approximate surface area is 103 Å². The first kappa shape index (κ1) is 12.8. The lowest BCUT2D eigenvalue weighted by atomic mass is 9.86. The molecule has 2 aliphatic rings. The monoisotopic (exact) mass is 240 g/mol. The Morgan fingerprint density at radius 1 is 1.35 bits per heavy atom. The minimum absolute atomic E-state index is 0.107. The lowest BCUT2D eigenvalue weighted by Crippen LogP contribution is -2.40. The maximum Gasteiger partial charge on any atom is 0.224 e. The smallest absolute Gasteiger partial charge is 0.224 e.